The van der Waals surface area contributed by atoms with E-state index in [2.05, 4.69) is 41.8 Å². The molecule has 2 rings (SSSR count). The van der Waals surface area contributed by atoms with Crippen molar-refractivity contribution in [3.05, 3.63) is 35.4 Å². The second-order valence-corrected chi connectivity index (χ2v) is 5.98. The third kappa shape index (κ3) is 4.93. The van der Waals surface area contributed by atoms with Gasteiger partial charge < -0.3 is 10.6 Å². The minimum absolute atomic E-state index is 0.0401. The van der Waals surface area contributed by atoms with Crippen LogP contribution in [0.4, 0.5) is 0 Å². The van der Waals surface area contributed by atoms with E-state index < -0.39 is 0 Å². The first kappa shape index (κ1) is 15.0. The summed E-state index contributed by atoms with van der Waals surface area (Å²) < 4.78 is 0. The van der Waals surface area contributed by atoms with Crippen LogP contribution in [-0.2, 0) is 11.3 Å². The second kappa shape index (κ2) is 7.39. The van der Waals surface area contributed by atoms with Gasteiger partial charge in [-0.25, -0.2) is 0 Å². The lowest BCUT2D eigenvalue weighted by atomic mass is 10.0. The number of amides is 1. The van der Waals surface area contributed by atoms with E-state index in [1.807, 2.05) is 0 Å². The fourth-order valence-electron chi connectivity index (χ4n) is 2.59. The summed E-state index contributed by atoms with van der Waals surface area (Å²) >= 11 is 5.15. The van der Waals surface area contributed by atoms with Crippen LogP contribution < -0.4 is 10.6 Å². The highest BCUT2D eigenvalue weighted by molar-refractivity contribution is 7.80. The van der Waals surface area contributed by atoms with Gasteiger partial charge in [-0.15, -0.1) is 0 Å². The maximum atomic E-state index is 11.8. The maximum absolute atomic E-state index is 11.8. The third-order valence-electron chi connectivity index (χ3n) is 3.78. The van der Waals surface area contributed by atoms with Crippen molar-refractivity contribution in [2.45, 2.75) is 45.6 Å². The van der Waals surface area contributed by atoms with Crippen molar-refractivity contribution in [1.29, 1.82) is 0 Å². The molecule has 2 N–H and O–H groups in total. The van der Waals surface area contributed by atoms with E-state index in [0.29, 0.717) is 24.0 Å². The van der Waals surface area contributed by atoms with Crippen LogP contribution in [0.2, 0.25) is 0 Å². The molecule has 0 radical (unpaired) electrons. The molecule has 0 heterocycles. The molecule has 1 aromatic rings. The Kier molecular flexibility index (Phi) is 5.53. The van der Waals surface area contributed by atoms with Crippen LogP contribution in [0.25, 0.3) is 0 Å². The lowest BCUT2D eigenvalue weighted by molar-refractivity contribution is -0.120. The molecule has 1 fully saturated rings. The highest BCUT2D eigenvalue weighted by atomic mass is 32.1. The summed E-state index contributed by atoms with van der Waals surface area (Å²) in [5.74, 6) is 0.591. The predicted molar refractivity (Wildman–Crippen MR) is 85.3 cm³/mol. The molecule has 0 bridgehead atoms. The van der Waals surface area contributed by atoms with E-state index in [0.717, 1.165) is 5.56 Å². The molecule has 1 saturated carbocycles. The predicted octanol–water partition coefficient (Wildman–Crippen LogP) is 3.07. The van der Waals surface area contributed by atoms with Crippen molar-refractivity contribution in [1.82, 2.24) is 10.6 Å². The molecule has 0 aliphatic heterocycles. The fourth-order valence-corrected chi connectivity index (χ4v) is 2.77. The van der Waals surface area contributed by atoms with Crippen molar-refractivity contribution in [2.75, 3.05) is 0 Å². The molecule has 0 spiro atoms. The first-order valence-electron chi connectivity index (χ1n) is 7.27. The van der Waals surface area contributed by atoms with Gasteiger partial charge in [0, 0.05) is 13.0 Å². The van der Waals surface area contributed by atoms with Crippen molar-refractivity contribution in [2.24, 2.45) is 5.92 Å². The molecule has 1 aliphatic carbocycles. The number of hydrogen-bond acceptors (Lipinski definition) is 2. The molecule has 1 aromatic carbocycles. The van der Waals surface area contributed by atoms with Gasteiger partial charge in [0.15, 0.2) is 5.11 Å². The van der Waals surface area contributed by atoms with Crippen LogP contribution in [0.3, 0.4) is 0 Å². The maximum Gasteiger partial charge on any atom is 0.226 e. The summed E-state index contributed by atoms with van der Waals surface area (Å²) in [6.07, 6.45) is 5.47. The Morgan fingerprint density at radius 2 is 1.90 bits per heavy atom. The monoisotopic (exact) mass is 290 g/mol. The van der Waals surface area contributed by atoms with Crippen molar-refractivity contribution in [3.63, 3.8) is 0 Å². The van der Waals surface area contributed by atoms with Crippen LogP contribution in [0.5, 0.6) is 0 Å². The molecule has 3 nitrogen and oxygen atoms in total. The van der Waals surface area contributed by atoms with Crippen molar-refractivity contribution >= 4 is 23.2 Å². The average molecular weight is 290 g/mol. The number of carbonyl (C=O) groups excluding carboxylic acids is 1. The molecule has 1 aliphatic rings. The van der Waals surface area contributed by atoms with E-state index in [9.17, 15) is 4.79 Å². The van der Waals surface area contributed by atoms with E-state index in [-0.39, 0.29) is 5.91 Å². The van der Waals surface area contributed by atoms with Gasteiger partial charge in [-0.3, -0.25) is 4.79 Å². The number of rotatable bonds is 4. The number of thiocarbonyl (C=S) groups is 1. The Labute approximate surface area is 126 Å². The molecule has 0 unspecified atom stereocenters. The zero-order chi connectivity index (χ0) is 14.4. The molecule has 108 valence electrons. The lowest BCUT2D eigenvalue weighted by Gasteiger charge is -2.12. The van der Waals surface area contributed by atoms with Crippen LogP contribution in [0, 0.1) is 12.8 Å². The second-order valence-electron chi connectivity index (χ2n) is 5.57. The topological polar surface area (TPSA) is 41.1 Å². The number of aryl methyl sites for hydroxylation is 1. The summed E-state index contributed by atoms with van der Waals surface area (Å²) in [5, 5.41) is 6.27. The SMILES string of the molecule is Cc1ccc(CNC(=S)NC(=O)CC2CCCC2)cc1. The van der Waals surface area contributed by atoms with Gasteiger partial charge in [0.2, 0.25) is 5.91 Å². The quantitative estimate of drug-likeness (QED) is 0.837. The number of carbonyl (C=O) groups is 1. The highest BCUT2D eigenvalue weighted by Gasteiger charge is 2.18. The van der Waals surface area contributed by atoms with Gasteiger partial charge >= 0.3 is 0 Å². The van der Waals surface area contributed by atoms with E-state index >= 15 is 0 Å². The molecule has 20 heavy (non-hydrogen) atoms. The van der Waals surface area contributed by atoms with Gasteiger partial charge in [-0.05, 0) is 43.5 Å². The Hall–Kier alpha value is -1.42. The standard InChI is InChI=1S/C16H22N2OS/c1-12-6-8-14(9-7-12)11-17-16(20)18-15(19)10-13-4-2-3-5-13/h6-9,13H,2-5,10-11H2,1H3,(H2,17,18,19,20). The first-order chi connectivity index (χ1) is 9.63. The summed E-state index contributed by atoms with van der Waals surface area (Å²) in [4.78, 5) is 11.8. The Morgan fingerprint density at radius 1 is 1.25 bits per heavy atom. The first-order valence-corrected chi connectivity index (χ1v) is 7.67. The van der Waals surface area contributed by atoms with E-state index in [4.69, 9.17) is 12.2 Å². The zero-order valence-electron chi connectivity index (χ0n) is 11.9. The van der Waals surface area contributed by atoms with Gasteiger partial charge in [0.25, 0.3) is 0 Å². The molecular formula is C16H22N2OS. The molecule has 1 amide bonds. The Bertz CT molecular complexity index is 464. The summed E-state index contributed by atoms with van der Waals surface area (Å²) in [6, 6.07) is 8.26. The Morgan fingerprint density at radius 3 is 2.55 bits per heavy atom. The lowest BCUT2D eigenvalue weighted by Crippen LogP contribution is -2.39. The number of nitrogens with one attached hydrogen (secondary N) is 2. The van der Waals surface area contributed by atoms with Crippen molar-refractivity contribution in [3.8, 4) is 0 Å². The van der Waals surface area contributed by atoms with Gasteiger partial charge in [0.1, 0.15) is 0 Å². The van der Waals surface area contributed by atoms with Crippen LogP contribution in [0.1, 0.15) is 43.2 Å². The van der Waals surface area contributed by atoms with Crippen LogP contribution in [0.15, 0.2) is 24.3 Å². The van der Waals surface area contributed by atoms with Crippen LogP contribution >= 0.6 is 12.2 Å². The minimum atomic E-state index is 0.0401. The summed E-state index contributed by atoms with van der Waals surface area (Å²) in [5.41, 5.74) is 2.39. The van der Waals surface area contributed by atoms with E-state index in [1.54, 1.807) is 0 Å². The number of benzene rings is 1. The van der Waals surface area contributed by atoms with Gasteiger partial charge in [-0.1, -0.05) is 42.7 Å². The zero-order valence-corrected chi connectivity index (χ0v) is 12.8. The highest BCUT2D eigenvalue weighted by Crippen LogP contribution is 2.27. The normalized spacial score (nSPS) is 15.1. The molecule has 4 heteroatoms. The van der Waals surface area contributed by atoms with Gasteiger partial charge in [-0.2, -0.15) is 0 Å². The van der Waals surface area contributed by atoms with Crippen LogP contribution in [-0.4, -0.2) is 11.0 Å². The molecular weight excluding hydrogens is 268 g/mol. The van der Waals surface area contributed by atoms with Gasteiger partial charge in [0.05, 0.1) is 0 Å². The summed E-state index contributed by atoms with van der Waals surface area (Å²) in [6.45, 7) is 2.70. The third-order valence-corrected chi connectivity index (χ3v) is 4.02. The minimum Gasteiger partial charge on any atom is -0.358 e. The smallest absolute Gasteiger partial charge is 0.226 e. The molecule has 0 atom stereocenters. The molecule has 0 aromatic heterocycles. The molecule has 0 saturated heterocycles. The number of hydrogen-bond donors (Lipinski definition) is 2. The average Bonchev–Trinajstić information content (AvgIpc) is 2.90. The fraction of sp³-hybridized carbons (Fsp3) is 0.500. The van der Waals surface area contributed by atoms with Crippen molar-refractivity contribution < 1.29 is 4.79 Å². The Balaban J connectivity index is 1.69. The summed E-state index contributed by atoms with van der Waals surface area (Å²) in [7, 11) is 0. The van der Waals surface area contributed by atoms with E-state index in [1.165, 1.54) is 31.2 Å². The largest absolute Gasteiger partial charge is 0.358 e.